The lowest BCUT2D eigenvalue weighted by Crippen LogP contribution is -2.36. The summed E-state index contributed by atoms with van der Waals surface area (Å²) in [6, 6.07) is 10.9. The smallest absolute Gasteiger partial charge is 0.258 e. The summed E-state index contributed by atoms with van der Waals surface area (Å²) in [5, 5.41) is 2.36. The molecular weight excluding hydrogens is 240 g/mol. The number of fused-ring (bicyclic) bond motifs is 1. The molecule has 4 heteroatoms. The molecule has 1 N–H and O–H groups in total. The Kier molecular flexibility index (Phi) is 2.56. The number of hydrogen-bond donors (Lipinski definition) is 1. The summed E-state index contributed by atoms with van der Waals surface area (Å²) in [5.74, 6) is -0.700. The highest BCUT2D eigenvalue weighted by Crippen LogP contribution is 2.25. The number of aromatic nitrogens is 1. The Morgan fingerprint density at radius 3 is 2.42 bits per heavy atom. The van der Waals surface area contributed by atoms with Crippen LogP contribution in [0.3, 0.4) is 0 Å². The Balaban J connectivity index is 2.19. The van der Waals surface area contributed by atoms with Crippen molar-refractivity contribution in [3.05, 3.63) is 59.4 Å². The lowest BCUT2D eigenvalue weighted by atomic mass is 9.94. The van der Waals surface area contributed by atoms with Crippen LogP contribution >= 0.6 is 0 Å². The SMILES string of the molecule is Cn1cccc1/C=C1/C(=O)NC(=O)c2ccccc21. The van der Waals surface area contributed by atoms with E-state index in [1.807, 2.05) is 36.0 Å². The first-order valence-electron chi connectivity index (χ1n) is 5.95. The van der Waals surface area contributed by atoms with E-state index in [2.05, 4.69) is 5.32 Å². The van der Waals surface area contributed by atoms with Crippen LogP contribution in [0.1, 0.15) is 21.6 Å². The molecule has 2 heterocycles. The largest absolute Gasteiger partial charge is 0.351 e. The predicted octanol–water partition coefficient (Wildman–Crippen LogP) is 1.84. The lowest BCUT2D eigenvalue weighted by molar-refractivity contribution is -0.114. The molecule has 0 spiro atoms. The minimum absolute atomic E-state index is 0.343. The first kappa shape index (κ1) is 11.5. The molecule has 0 bridgehead atoms. The summed E-state index contributed by atoms with van der Waals surface area (Å²) in [5.41, 5.74) is 2.63. The number of carbonyl (C=O) groups is 2. The number of nitrogens with one attached hydrogen (secondary N) is 1. The molecule has 0 saturated heterocycles. The van der Waals surface area contributed by atoms with Gasteiger partial charge in [-0.25, -0.2) is 0 Å². The van der Waals surface area contributed by atoms with Gasteiger partial charge in [-0.05, 0) is 24.3 Å². The second kappa shape index (κ2) is 4.24. The van der Waals surface area contributed by atoms with Crippen molar-refractivity contribution in [3.8, 4) is 0 Å². The van der Waals surface area contributed by atoms with Gasteiger partial charge in [0, 0.05) is 35.6 Å². The zero-order valence-corrected chi connectivity index (χ0v) is 10.4. The van der Waals surface area contributed by atoms with Crippen LogP contribution in [0.2, 0.25) is 0 Å². The minimum Gasteiger partial charge on any atom is -0.351 e. The van der Waals surface area contributed by atoms with E-state index in [9.17, 15) is 9.59 Å². The van der Waals surface area contributed by atoms with Crippen molar-refractivity contribution in [2.45, 2.75) is 0 Å². The highest BCUT2D eigenvalue weighted by Gasteiger charge is 2.26. The molecule has 1 aromatic carbocycles. The maximum Gasteiger partial charge on any atom is 0.258 e. The van der Waals surface area contributed by atoms with Crippen LogP contribution in [0.4, 0.5) is 0 Å². The molecule has 19 heavy (non-hydrogen) atoms. The second-order valence-electron chi connectivity index (χ2n) is 4.43. The fourth-order valence-corrected chi connectivity index (χ4v) is 2.19. The molecule has 1 aliphatic heterocycles. The Hall–Kier alpha value is -2.62. The normalized spacial score (nSPS) is 16.4. The van der Waals surface area contributed by atoms with Gasteiger partial charge in [0.2, 0.25) is 0 Å². The van der Waals surface area contributed by atoms with Gasteiger partial charge >= 0.3 is 0 Å². The monoisotopic (exact) mass is 252 g/mol. The zero-order valence-electron chi connectivity index (χ0n) is 10.4. The van der Waals surface area contributed by atoms with E-state index >= 15 is 0 Å². The molecular formula is C15H12N2O2. The third kappa shape index (κ3) is 1.87. The summed E-state index contributed by atoms with van der Waals surface area (Å²) in [6.07, 6.45) is 3.70. The van der Waals surface area contributed by atoms with Gasteiger partial charge in [-0.2, -0.15) is 0 Å². The van der Waals surface area contributed by atoms with E-state index in [4.69, 9.17) is 0 Å². The van der Waals surface area contributed by atoms with Gasteiger partial charge in [-0.15, -0.1) is 0 Å². The molecule has 1 aromatic heterocycles. The van der Waals surface area contributed by atoms with E-state index < -0.39 is 0 Å². The van der Waals surface area contributed by atoms with Gasteiger partial charge in [0.05, 0.1) is 0 Å². The van der Waals surface area contributed by atoms with Gasteiger partial charge in [0.15, 0.2) is 0 Å². The van der Waals surface area contributed by atoms with E-state index in [-0.39, 0.29) is 11.8 Å². The summed E-state index contributed by atoms with van der Waals surface area (Å²) in [7, 11) is 1.91. The minimum atomic E-state index is -0.357. The molecule has 94 valence electrons. The molecule has 0 radical (unpaired) electrons. The van der Waals surface area contributed by atoms with Crippen molar-refractivity contribution in [1.29, 1.82) is 0 Å². The molecule has 0 aliphatic carbocycles. The molecule has 2 amide bonds. The van der Waals surface area contributed by atoms with Crippen molar-refractivity contribution in [1.82, 2.24) is 9.88 Å². The first-order valence-corrected chi connectivity index (χ1v) is 5.95. The first-order chi connectivity index (χ1) is 9.16. The quantitative estimate of drug-likeness (QED) is 0.622. The number of rotatable bonds is 1. The maximum atomic E-state index is 12.0. The van der Waals surface area contributed by atoms with Gasteiger partial charge in [0.25, 0.3) is 11.8 Å². The number of carbonyl (C=O) groups excluding carboxylic acids is 2. The van der Waals surface area contributed by atoms with Crippen molar-refractivity contribution in [2.24, 2.45) is 7.05 Å². The van der Waals surface area contributed by atoms with Gasteiger partial charge in [-0.1, -0.05) is 18.2 Å². The standard InChI is InChI=1S/C15H12N2O2/c1-17-8-4-5-10(17)9-13-11-6-2-3-7-12(11)14(18)16-15(13)19/h2-9H,1H3,(H,16,18,19)/b13-9+. The average molecular weight is 252 g/mol. The van der Waals surface area contributed by atoms with Crippen molar-refractivity contribution in [2.75, 3.05) is 0 Å². The van der Waals surface area contributed by atoms with Gasteiger partial charge in [-0.3, -0.25) is 14.9 Å². The van der Waals surface area contributed by atoms with Crippen LogP contribution < -0.4 is 5.32 Å². The summed E-state index contributed by atoms with van der Waals surface area (Å²) < 4.78 is 1.92. The third-order valence-corrected chi connectivity index (χ3v) is 3.21. The maximum absolute atomic E-state index is 12.0. The molecule has 3 rings (SSSR count). The Labute approximate surface area is 110 Å². The zero-order chi connectivity index (χ0) is 13.4. The van der Waals surface area contributed by atoms with Crippen LogP contribution in [0.5, 0.6) is 0 Å². The lowest BCUT2D eigenvalue weighted by Gasteiger charge is -2.18. The molecule has 0 atom stereocenters. The van der Waals surface area contributed by atoms with Gasteiger partial charge < -0.3 is 4.57 Å². The molecule has 2 aromatic rings. The Morgan fingerprint density at radius 1 is 1.00 bits per heavy atom. The molecule has 0 unspecified atom stereocenters. The molecule has 4 nitrogen and oxygen atoms in total. The number of hydrogen-bond acceptors (Lipinski definition) is 2. The summed E-state index contributed by atoms with van der Waals surface area (Å²) in [6.45, 7) is 0. The Bertz CT molecular complexity index is 710. The van der Waals surface area contributed by atoms with E-state index in [1.165, 1.54) is 0 Å². The Morgan fingerprint density at radius 2 is 1.74 bits per heavy atom. The van der Waals surface area contributed by atoms with Gasteiger partial charge in [0.1, 0.15) is 0 Å². The highest BCUT2D eigenvalue weighted by molar-refractivity contribution is 6.33. The van der Waals surface area contributed by atoms with Crippen LogP contribution in [-0.4, -0.2) is 16.4 Å². The molecule has 0 fully saturated rings. The fraction of sp³-hybridized carbons (Fsp3) is 0.0667. The van der Waals surface area contributed by atoms with Crippen LogP contribution in [0.25, 0.3) is 11.6 Å². The van der Waals surface area contributed by atoms with Crippen LogP contribution in [-0.2, 0) is 11.8 Å². The second-order valence-corrected chi connectivity index (χ2v) is 4.43. The topological polar surface area (TPSA) is 51.1 Å². The van der Waals surface area contributed by atoms with Crippen molar-refractivity contribution in [3.63, 3.8) is 0 Å². The van der Waals surface area contributed by atoms with E-state index in [1.54, 1.807) is 24.3 Å². The number of imide groups is 1. The van der Waals surface area contributed by atoms with Crippen LogP contribution in [0, 0.1) is 0 Å². The van der Waals surface area contributed by atoms with E-state index in [0.29, 0.717) is 16.7 Å². The molecule has 1 aliphatic rings. The predicted molar refractivity (Wildman–Crippen MR) is 72.2 cm³/mol. The van der Waals surface area contributed by atoms with Crippen molar-refractivity contribution < 1.29 is 9.59 Å². The number of aryl methyl sites for hydroxylation is 1. The number of nitrogens with zero attached hydrogens (tertiary/aromatic N) is 1. The summed E-state index contributed by atoms with van der Waals surface area (Å²) >= 11 is 0. The highest BCUT2D eigenvalue weighted by atomic mass is 16.2. The number of benzene rings is 1. The average Bonchev–Trinajstić information content (AvgIpc) is 2.80. The third-order valence-electron chi connectivity index (χ3n) is 3.21. The summed E-state index contributed by atoms with van der Waals surface area (Å²) in [4.78, 5) is 23.7. The van der Waals surface area contributed by atoms with Crippen molar-refractivity contribution >= 4 is 23.5 Å². The van der Waals surface area contributed by atoms with Crippen LogP contribution in [0.15, 0.2) is 42.6 Å². The van der Waals surface area contributed by atoms with E-state index in [0.717, 1.165) is 5.69 Å². The molecule has 0 saturated carbocycles. The number of amides is 2. The fourth-order valence-electron chi connectivity index (χ4n) is 2.19.